The summed E-state index contributed by atoms with van der Waals surface area (Å²) in [5.41, 5.74) is 2.24. The minimum Gasteiger partial charge on any atom is -0.273 e. The van der Waals surface area contributed by atoms with Gasteiger partial charge in [0, 0.05) is 30.1 Å². The lowest BCUT2D eigenvalue weighted by Crippen LogP contribution is -1.99. The maximum atomic E-state index is 6.16. The monoisotopic (exact) mass is 252 g/mol. The number of hydrogen-bond donors (Lipinski definition) is 0. The third-order valence-corrected chi connectivity index (χ3v) is 3.29. The molecule has 5 heteroatoms. The number of aromatic nitrogens is 4. The lowest BCUT2D eigenvalue weighted by Gasteiger charge is -2.01. The summed E-state index contributed by atoms with van der Waals surface area (Å²) >= 11 is 6.16. The molecule has 0 aliphatic rings. The van der Waals surface area contributed by atoms with Gasteiger partial charge in [-0.3, -0.25) is 9.36 Å². The van der Waals surface area contributed by atoms with E-state index in [1.807, 2.05) is 34.2 Å². The molecule has 0 spiro atoms. The molecular weight excluding hydrogens is 236 g/mol. The zero-order chi connectivity index (χ0) is 12.3. The van der Waals surface area contributed by atoms with Crippen LogP contribution in [0.4, 0.5) is 0 Å². The lowest BCUT2D eigenvalue weighted by atomic mass is 10.2. The summed E-state index contributed by atoms with van der Waals surface area (Å²) in [6.45, 7) is 5.78. The highest BCUT2D eigenvalue weighted by Gasteiger charge is 2.08. The molecule has 0 radical (unpaired) electrons. The Morgan fingerprint density at radius 2 is 1.94 bits per heavy atom. The van der Waals surface area contributed by atoms with Gasteiger partial charge in [0.1, 0.15) is 0 Å². The summed E-state index contributed by atoms with van der Waals surface area (Å²) in [6, 6.07) is 0. The van der Waals surface area contributed by atoms with Crippen LogP contribution in [0.15, 0.2) is 24.8 Å². The van der Waals surface area contributed by atoms with Crippen molar-refractivity contribution in [3.8, 4) is 0 Å². The fraction of sp³-hybridized carbons (Fsp3) is 0.500. The van der Waals surface area contributed by atoms with Crippen LogP contribution in [-0.4, -0.2) is 19.6 Å². The highest BCUT2D eigenvalue weighted by atomic mass is 35.5. The molecular formula is C12H17ClN4. The maximum absolute atomic E-state index is 6.16. The quantitative estimate of drug-likeness (QED) is 0.767. The molecule has 2 heterocycles. The van der Waals surface area contributed by atoms with E-state index in [0.29, 0.717) is 0 Å². The minimum atomic E-state index is 0.0575. The van der Waals surface area contributed by atoms with Crippen molar-refractivity contribution in [2.45, 2.75) is 38.7 Å². The van der Waals surface area contributed by atoms with E-state index in [2.05, 4.69) is 24.0 Å². The summed E-state index contributed by atoms with van der Waals surface area (Å²) in [5.74, 6) is 0. The maximum Gasteiger partial charge on any atom is 0.0690 e. The van der Waals surface area contributed by atoms with Crippen LogP contribution in [0.2, 0.25) is 0 Å². The Hall–Kier alpha value is -1.29. The molecule has 4 nitrogen and oxygen atoms in total. The number of alkyl halides is 1. The largest absolute Gasteiger partial charge is 0.273 e. The first-order valence-electron chi connectivity index (χ1n) is 5.90. The zero-order valence-electron chi connectivity index (χ0n) is 10.2. The van der Waals surface area contributed by atoms with Crippen LogP contribution in [0.5, 0.6) is 0 Å². The van der Waals surface area contributed by atoms with Crippen LogP contribution < -0.4 is 0 Å². The second-order valence-electron chi connectivity index (χ2n) is 4.05. The molecule has 0 bridgehead atoms. The highest BCUT2D eigenvalue weighted by molar-refractivity contribution is 6.20. The summed E-state index contributed by atoms with van der Waals surface area (Å²) in [6.07, 6.45) is 8.68. The highest BCUT2D eigenvalue weighted by Crippen LogP contribution is 2.22. The van der Waals surface area contributed by atoms with Crippen molar-refractivity contribution in [2.24, 2.45) is 0 Å². The van der Waals surface area contributed by atoms with Crippen LogP contribution in [-0.2, 0) is 13.1 Å². The molecule has 0 saturated heterocycles. The number of halogens is 1. The van der Waals surface area contributed by atoms with Crippen molar-refractivity contribution in [1.29, 1.82) is 0 Å². The van der Waals surface area contributed by atoms with Gasteiger partial charge in [0.15, 0.2) is 0 Å². The topological polar surface area (TPSA) is 35.6 Å². The first-order chi connectivity index (χ1) is 8.22. The molecule has 2 aromatic heterocycles. The van der Waals surface area contributed by atoms with Crippen LogP contribution >= 0.6 is 11.6 Å². The van der Waals surface area contributed by atoms with E-state index < -0.39 is 0 Å². The summed E-state index contributed by atoms with van der Waals surface area (Å²) in [4.78, 5) is 0. The van der Waals surface area contributed by atoms with Crippen LogP contribution in [0.3, 0.4) is 0 Å². The number of hydrogen-bond acceptors (Lipinski definition) is 2. The third kappa shape index (κ3) is 2.88. The number of aryl methyl sites for hydroxylation is 1. The van der Waals surface area contributed by atoms with Gasteiger partial charge in [-0.2, -0.15) is 10.2 Å². The molecule has 2 rings (SSSR count). The fourth-order valence-corrected chi connectivity index (χ4v) is 1.82. The standard InChI is InChI=1S/C12H17ClN4/c1-3-12(13)11-6-15-17(9-11)8-10-5-14-16(4-2)7-10/h5-7,9,12H,3-4,8H2,1-2H3. The Labute approximate surface area is 106 Å². The van der Waals surface area contributed by atoms with E-state index in [0.717, 1.165) is 30.6 Å². The van der Waals surface area contributed by atoms with E-state index in [4.69, 9.17) is 11.6 Å². The van der Waals surface area contributed by atoms with Crippen molar-refractivity contribution in [3.63, 3.8) is 0 Å². The Bertz CT molecular complexity index is 474. The fourth-order valence-electron chi connectivity index (χ4n) is 1.71. The summed E-state index contributed by atoms with van der Waals surface area (Å²) < 4.78 is 3.81. The van der Waals surface area contributed by atoms with E-state index >= 15 is 0 Å². The Kier molecular flexibility index (Phi) is 3.84. The Morgan fingerprint density at radius 1 is 1.18 bits per heavy atom. The average Bonchev–Trinajstić information content (AvgIpc) is 2.97. The van der Waals surface area contributed by atoms with Crippen LogP contribution in [0.1, 0.15) is 36.8 Å². The van der Waals surface area contributed by atoms with E-state index in [1.165, 1.54) is 0 Å². The molecule has 0 saturated carbocycles. The molecule has 17 heavy (non-hydrogen) atoms. The second-order valence-corrected chi connectivity index (χ2v) is 4.58. The second kappa shape index (κ2) is 5.36. The van der Waals surface area contributed by atoms with Crippen LogP contribution in [0, 0.1) is 0 Å². The van der Waals surface area contributed by atoms with Gasteiger partial charge in [-0.05, 0) is 13.3 Å². The summed E-state index contributed by atoms with van der Waals surface area (Å²) in [7, 11) is 0. The van der Waals surface area contributed by atoms with Gasteiger partial charge in [0.25, 0.3) is 0 Å². The van der Waals surface area contributed by atoms with E-state index in [-0.39, 0.29) is 5.38 Å². The van der Waals surface area contributed by atoms with Gasteiger partial charge >= 0.3 is 0 Å². The Balaban J connectivity index is 2.06. The Morgan fingerprint density at radius 3 is 2.59 bits per heavy atom. The smallest absolute Gasteiger partial charge is 0.0690 e. The molecule has 2 aromatic rings. The van der Waals surface area contributed by atoms with Gasteiger partial charge < -0.3 is 0 Å². The molecule has 1 atom stereocenters. The van der Waals surface area contributed by atoms with Gasteiger partial charge in [0.05, 0.1) is 24.3 Å². The van der Waals surface area contributed by atoms with Crippen molar-refractivity contribution in [2.75, 3.05) is 0 Å². The molecule has 0 aliphatic carbocycles. The van der Waals surface area contributed by atoms with Gasteiger partial charge in [0.2, 0.25) is 0 Å². The predicted octanol–water partition coefficient (Wildman–Crippen LogP) is 2.84. The average molecular weight is 253 g/mol. The lowest BCUT2D eigenvalue weighted by molar-refractivity contribution is 0.654. The molecule has 0 fully saturated rings. The van der Waals surface area contributed by atoms with E-state index in [9.17, 15) is 0 Å². The van der Waals surface area contributed by atoms with Crippen LogP contribution in [0.25, 0.3) is 0 Å². The number of nitrogens with zero attached hydrogens (tertiary/aromatic N) is 4. The predicted molar refractivity (Wildman–Crippen MR) is 68.1 cm³/mol. The van der Waals surface area contributed by atoms with Crippen molar-refractivity contribution in [3.05, 3.63) is 35.9 Å². The molecule has 0 aromatic carbocycles. The first-order valence-corrected chi connectivity index (χ1v) is 6.34. The van der Waals surface area contributed by atoms with Gasteiger partial charge in [-0.15, -0.1) is 11.6 Å². The van der Waals surface area contributed by atoms with Crippen molar-refractivity contribution >= 4 is 11.6 Å². The van der Waals surface area contributed by atoms with Crippen molar-refractivity contribution < 1.29 is 0 Å². The third-order valence-electron chi connectivity index (χ3n) is 2.73. The first kappa shape index (κ1) is 12.2. The molecule has 0 N–H and O–H groups in total. The van der Waals surface area contributed by atoms with Gasteiger partial charge in [-0.25, -0.2) is 0 Å². The molecule has 0 amide bonds. The minimum absolute atomic E-state index is 0.0575. The summed E-state index contributed by atoms with van der Waals surface area (Å²) in [5, 5.41) is 8.61. The van der Waals surface area contributed by atoms with Crippen molar-refractivity contribution in [1.82, 2.24) is 19.6 Å². The zero-order valence-corrected chi connectivity index (χ0v) is 10.9. The normalized spacial score (nSPS) is 12.9. The van der Waals surface area contributed by atoms with Gasteiger partial charge in [-0.1, -0.05) is 6.92 Å². The SMILES string of the molecule is CCC(Cl)c1cnn(Cc2cnn(CC)c2)c1. The molecule has 1 unspecified atom stereocenters. The van der Waals surface area contributed by atoms with E-state index in [1.54, 1.807) is 0 Å². The molecule has 0 aliphatic heterocycles. The number of rotatable bonds is 5. The molecule has 92 valence electrons.